The van der Waals surface area contributed by atoms with Crippen LogP contribution in [0, 0.1) is 22.7 Å². The number of rotatable bonds is 2. The summed E-state index contributed by atoms with van der Waals surface area (Å²) in [5.74, 6) is 0.722. The van der Waals surface area contributed by atoms with Crippen LogP contribution in [0.4, 0.5) is 0 Å². The number of nitriles is 2. The number of nitrogens with zero attached hydrogens (tertiary/aromatic N) is 2. The molecular weight excluding hydrogens is 412 g/mol. The number of carbonyl (C=O) groups is 3. The van der Waals surface area contributed by atoms with Gasteiger partial charge in [0.1, 0.15) is 12.1 Å². The van der Waals surface area contributed by atoms with Crippen LogP contribution >= 0.6 is 0 Å². The molecule has 2 aromatic carbocycles. The molecule has 0 atom stereocenters. The van der Waals surface area contributed by atoms with Crippen molar-refractivity contribution < 1.29 is 14.4 Å². The van der Waals surface area contributed by atoms with Gasteiger partial charge in [0.05, 0.1) is 23.3 Å². The number of hydrogen-bond acceptors (Lipinski definition) is 5. The van der Waals surface area contributed by atoms with Crippen molar-refractivity contribution >= 4 is 23.9 Å². The Morgan fingerprint density at radius 2 is 1.24 bits per heavy atom. The first kappa shape index (κ1) is 25.4. The van der Waals surface area contributed by atoms with Crippen molar-refractivity contribution in [2.75, 3.05) is 0 Å². The highest BCUT2D eigenvalue weighted by atomic mass is 16.1. The molecule has 0 bridgehead atoms. The quantitative estimate of drug-likeness (QED) is 0.423. The molecular formula is C28H28N2O3. The molecule has 0 amide bonds. The first-order valence-corrected chi connectivity index (χ1v) is 11.3. The van der Waals surface area contributed by atoms with E-state index in [1.54, 1.807) is 30.3 Å². The van der Waals surface area contributed by atoms with Crippen LogP contribution in [0.1, 0.15) is 84.8 Å². The first-order valence-electron chi connectivity index (χ1n) is 11.3. The Morgan fingerprint density at radius 1 is 0.697 bits per heavy atom. The lowest BCUT2D eigenvalue weighted by atomic mass is 9.92. The number of hydrogen-bond donors (Lipinski definition) is 0. The third-order valence-electron chi connectivity index (χ3n) is 5.38. The summed E-state index contributed by atoms with van der Waals surface area (Å²) in [6.07, 6.45) is 11.5. The number of benzene rings is 2. The fourth-order valence-electron chi connectivity index (χ4n) is 3.58. The fraction of sp³-hybridized carbons (Fsp3) is 0.321. The number of ketones is 2. The maximum absolute atomic E-state index is 11.6. The molecule has 0 saturated heterocycles. The lowest BCUT2D eigenvalue weighted by Crippen LogP contribution is -2.07. The summed E-state index contributed by atoms with van der Waals surface area (Å²) in [5.41, 5.74) is 3.55. The van der Waals surface area contributed by atoms with Crippen molar-refractivity contribution in [2.24, 2.45) is 0 Å². The van der Waals surface area contributed by atoms with Gasteiger partial charge in [0, 0.05) is 24.8 Å². The summed E-state index contributed by atoms with van der Waals surface area (Å²) in [4.78, 5) is 32.2. The molecule has 2 aliphatic carbocycles. The van der Waals surface area contributed by atoms with Crippen LogP contribution in [0.25, 0.3) is 6.08 Å². The van der Waals surface area contributed by atoms with E-state index in [2.05, 4.69) is 6.07 Å². The Morgan fingerprint density at radius 3 is 1.76 bits per heavy atom. The van der Waals surface area contributed by atoms with Crippen LogP contribution in [0.5, 0.6) is 0 Å². The van der Waals surface area contributed by atoms with E-state index in [4.69, 9.17) is 10.5 Å². The zero-order valence-corrected chi connectivity index (χ0v) is 18.8. The van der Waals surface area contributed by atoms with Gasteiger partial charge in [0.25, 0.3) is 0 Å². The van der Waals surface area contributed by atoms with E-state index >= 15 is 0 Å². The fourth-order valence-corrected chi connectivity index (χ4v) is 3.58. The maximum Gasteiger partial charge on any atom is 0.158 e. The van der Waals surface area contributed by atoms with Gasteiger partial charge in [-0.15, -0.1) is 0 Å². The zero-order valence-electron chi connectivity index (χ0n) is 18.8. The van der Waals surface area contributed by atoms with E-state index in [0.717, 1.165) is 62.4 Å². The molecule has 168 valence electrons. The molecule has 2 saturated carbocycles. The van der Waals surface area contributed by atoms with Gasteiger partial charge in [-0.2, -0.15) is 10.5 Å². The summed E-state index contributed by atoms with van der Waals surface area (Å²) >= 11 is 0. The van der Waals surface area contributed by atoms with Crippen molar-refractivity contribution in [1.29, 1.82) is 10.5 Å². The molecule has 0 radical (unpaired) electrons. The zero-order chi connectivity index (χ0) is 23.9. The average Bonchev–Trinajstić information content (AvgIpc) is 2.87. The topological polar surface area (TPSA) is 98.8 Å². The molecule has 33 heavy (non-hydrogen) atoms. The molecule has 5 nitrogen and oxygen atoms in total. The number of aldehydes is 1. The minimum absolute atomic E-state index is 0.258. The largest absolute Gasteiger partial charge is 0.300 e. The SMILES string of the molecule is N#Cc1cccc(/C=C2\CCCCC2=O)c1.N#Cc1cccc(C=O)c1.O=C1CCCCC1. The Kier molecular flexibility index (Phi) is 11.0. The van der Waals surface area contributed by atoms with Crippen LogP contribution in [-0.2, 0) is 9.59 Å². The van der Waals surface area contributed by atoms with E-state index in [-0.39, 0.29) is 5.78 Å². The van der Waals surface area contributed by atoms with Gasteiger partial charge in [0.15, 0.2) is 5.78 Å². The van der Waals surface area contributed by atoms with Crippen molar-refractivity contribution in [2.45, 2.75) is 57.8 Å². The van der Waals surface area contributed by atoms with Gasteiger partial charge in [-0.3, -0.25) is 14.4 Å². The Balaban J connectivity index is 0.000000193. The number of carbonyl (C=O) groups excluding carboxylic acids is 3. The smallest absolute Gasteiger partial charge is 0.158 e. The van der Waals surface area contributed by atoms with E-state index in [1.165, 1.54) is 6.42 Å². The molecule has 0 spiro atoms. The summed E-state index contributed by atoms with van der Waals surface area (Å²) < 4.78 is 0. The predicted molar refractivity (Wildman–Crippen MR) is 127 cm³/mol. The minimum atomic E-state index is 0.258. The summed E-state index contributed by atoms with van der Waals surface area (Å²) in [6.45, 7) is 0. The average molecular weight is 441 g/mol. The van der Waals surface area contributed by atoms with E-state index in [1.807, 2.05) is 30.3 Å². The van der Waals surface area contributed by atoms with Crippen molar-refractivity contribution in [3.63, 3.8) is 0 Å². The monoisotopic (exact) mass is 440 g/mol. The summed E-state index contributed by atoms with van der Waals surface area (Å²) in [5, 5.41) is 17.2. The van der Waals surface area contributed by atoms with Crippen molar-refractivity contribution in [3.8, 4) is 12.1 Å². The second kappa shape index (κ2) is 14.3. The Bertz CT molecular complexity index is 1080. The summed E-state index contributed by atoms with van der Waals surface area (Å²) in [6, 6.07) is 18.0. The van der Waals surface area contributed by atoms with Crippen LogP contribution < -0.4 is 0 Å². The maximum atomic E-state index is 11.6. The van der Waals surface area contributed by atoms with Gasteiger partial charge in [0.2, 0.25) is 0 Å². The van der Waals surface area contributed by atoms with E-state index in [9.17, 15) is 14.4 Å². The van der Waals surface area contributed by atoms with Crippen LogP contribution in [0.15, 0.2) is 54.1 Å². The lowest BCUT2D eigenvalue weighted by Gasteiger charge is -2.12. The highest BCUT2D eigenvalue weighted by Gasteiger charge is 2.14. The van der Waals surface area contributed by atoms with Gasteiger partial charge >= 0.3 is 0 Å². The summed E-state index contributed by atoms with van der Waals surface area (Å²) in [7, 11) is 0. The van der Waals surface area contributed by atoms with E-state index < -0.39 is 0 Å². The molecule has 0 N–H and O–H groups in total. The molecule has 0 aliphatic heterocycles. The molecule has 0 heterocycles. The third-order valence-corrected chi connectivity index (χ3v) is 5.38. The standard InChI is InChI=1S/C14H13NO.C8H5NO.C6H10O/c15-10-12-5-3-4-11(8-12)9-13-6-1-2-7-14(13)16;9-5-7-2-1-3-8(4-7)6-10;7-6-4-2-1-3-5-6/h3-5,8-9H,1-2,6-7H2;1-4,6H;1-5H2/b13-9+;;. The molecule has 0 unspecified atom stereocenters. The van der Waals surface area contributed by atoms with Crippen molar-refractivity contribution in [3.05, 3.63) is 76.4 Å². The second-order valence-corrected chi connectivity index (χ2v) is 7.99. The normalized spacial score (nSPS) is 16.2. The van der Waals surface area contributed by atoms with Crippen LogP contribution in [-0.4, -0.2) is 17.9 Å². The van der Waals surface area contributed by atoms with Crippen molar-refractivity contribution in [1.82, 2.24) is 0 Å². The minimum Gasteiger partial charge on any atom is -0.300 e. The van der Waals surface area contributed by atoms with Crippen LogP contribution in [0.3, 0.4) is 0 Å². The molecule has 5 heteroatoms. The first-order chi connectivity index (χ1) is 16.0. The lowest BCUT2D eigenvalue weighted by molar-refractivity contribution is -0.120. The molecule has 2 fully saturated rings. The van der Waals surface area contributed by atoms with Gasteiger partial charge in [-0.1, -0.05) is 30.7 Å². The number of Topliss-reactive ketones (excluding diaryl/α,β-unsaturated/α-hetero) is 2. The van der Waals surface area contributed by atoms with Gasteiger partial charge < -0.3 is 0 Å². The molecule has 0 aromatic heterocycles. The molecule has 2 aromatic rings. The number of allylic oxidation sites excluding steroid dienone is 1. The Labute approximate surface area is 195 Å². The highest BCUT2D eigenvalue weighted by Crippen LogP contribution is 2.22. The highest BCUT2D eigenvalue weighted by molar-refractivity contribution is 6.00. The Hall–Kier alpha value is -3.83. The van der Waals surface area contributed by atoms with Gasteiger partial charge in [-0.25, -0.2) is 0 Å². The molecule has 4 rings (SSSR count). The predicted octanol–water partition coefficient (Wildman–Crippen LogP) is 5.98. The van der Waals surface area contributed by atoms with E-state index in [0.29, 0.717) is 28.9 Å². The second-order valence-electron chi connectivity index (χ2n) is 7.99. The molecule has 2 aliphatic rings. The van der Waals surface area contributed by atoms with Crippen LogP contribution in [0.2, 0.25) is 0 Å². The third kappa shape index (κ3) is 9.46. The van der Waals surface area contributed by atoms with Gasteiger partial charge in [-0.05, 0) is 73.6 Å².